The molecular weight excluding hydrogens is 548 g/mol. The summed E-state index contributed by atoms with van der Waals surface area (Å²) < 4.78 is 5.52. The number of carbonyl (C=O) groups is 3. The second kappa shape index (κ2) is 13.6. The van der Waals surface area contributed by atoms with Gasteiger partial charge in [0.1, 0.15) is 24.8 Å². The summed E-state index contributed by atoms with van der Waals surface area (Å²) in [4.78, 5) is 40.7. The highest BCUT2D eigenvalue weighted by molar-refractivity contribution is 7.59. The number of ether oxygens (including phenoxy) is 1. The second-order valence-electron chi connectivity index (χ2n) is 8.79. The van der Waals surface area contributed by atoms with E-state index in [2.05, 4.69) is 15.5 Å². The quantitative estimate of drug-likeness (QED) is 0.553. The molecule has 0 radical (unpaired) electrons. The first-order valence-electron chi connectivity index (χ1n) is 10.9. The molecule has 13 heteroatoms. The van der Waals surface area contributed by atoms with Crippen LogP contribution in [-0.2, 0) is 20.9 Å². The summed E-state index contributed by atoms with van der Waals surface area (Å²) in [6.07, 6.45) is 4.46. The van der Waals surface area contributed by atoms with Gasteiger partial charge in [-0.3, -0.25) is 14.4 Å². The fourth-order valence-corrected chi connectivity index (χ4v) is 5.57. The Balaban J connectivity index is 0.00000153. The van der Waals surface area contributed by atoms with Crippen LogP contribution in [0.25, 0.3) is 0 Å². The molecule has 196 valence electrons. The van der Waals surface area contributed by atoms with Crippen LogP contribution in [-0.4, -0.2) is 59.2 Å². The lowest BCUT2D eigenvalue weighted by molar-refractivity contribution is -0.139. The van der Waals surface area contributed by atoms with Crippen LogP contribution in [0, 0.1) is 5.92 Å². The van der Waals surface area contributed by atoms with Crippen LogP contribution in [0.5, 0.6) is 0 Å². The fourth-order valence-electron chi connectivity index (χ4n) is 5.21. The number of azo groups is 1. The second-order valence-corrected chi connectivity index (χ2v) is 9.35. The number of likely N-dealkylation sites (tertiary alicyclic amines) is 1. The van der Waals surface area contributed by atoms with E-state index >= 15 is 0 Å². The van der Waals surface area contributed by atoms with Crippen molar-refractivity contribution in [3.63, 3.8) is 0 Å². The molecule has 2 saturated heterocycles. The smallest absolute Gasteiger partial charge is 0.251 e. The van der Waals surface area contributed by atoms with Crippen molar-refractivity contribution in [1.29, 1.82) is 0 Å². The number of amides is 2. The largest absolute Gasteiger partial charge is 0.366 e. The van der Waals surface area contributed by atoms with Crippen LogP contribution in [0.4, 0.5) is 5.69 Å². The van der Waals surface area contributed by atoms with Crippen LogP contribution >= 0.6 is 65.6 Å². The number of hydrogen-bond donors (Lipinski definition) is 1. The van der Waals surface area contributed by atoms with E-state index in [0.29, 0.717) is 12.1 Å². The lowest BCUT2D eigenvalue weighted by Gasteiger charge is -2.34. The lowest BCUT2D eigenvalue weighted by atomic mass is 9.83. The number of rotatable bonds is 4. The number of carbonyl (C=O) groups excluding carboxylic acids is 3. The van der Waals surface area contributed by atoms with Crippen LogP contribution in [0.2, 0.25) is 0 Å². The fraction of sp³-hybridized carbons (Fsp3) is 0.591. The van der Waals surface area contributed by atoms with Gasteiger partial charge in [-0.2, -0.15) is 64.2 Å². The number of alkyl halides is 1. The summed E-state index contributed by atoms with van der Waals surface area (Å²) >= 11 is 6.39. The maximum atomic E-state index is 13.6. The molecule has 5 rings (SSSR count). The molecule has 3 aliphatic heterocycles. The third kappa shape index (κ3) is 6.32. The molecule has 1 aromatic rings. The SMILES string of the molecule is O=C(N[C@H](C(=O)N1C[C@H](Cl)[C@H]2OCC(=O)[C@H]21)C1CCCCC1)c1ccc2c(c1)CN=N2.S.S.S.S. The van der Waals surface area contributed by atoms with Gasteiger partial charge in [0.15, 0.2) is 5.78 Å². The van der Waals surface area contributed by atoms with Gasteiger partial charge in [-0.25, -0.2) is 0 Å². The number of hydrogen-bond acceptors (Lipinski definition) is 6. The summed E-state index contributed by atoms with van der Waals surface area (Å²) in [5.41, 5.74) is 2.15. The molecule has 4 aliphatic rings. The van der Waals surface area contributed by atoms with E-state index in [4.69, 9.17) is 16.3 Å². The minimum atomic E-state index is -0.688. The van der Waals surface area contributed by atoms with Gasteiger partial charge in [0.05, 0.1) is 17.6 Å². The van der Waals surface area contributed by atoms with Crippen LogP contribution in [0.15, 0.2) is 28.4 Å². The van der Waals surface area contributed by atoms with Crippen molar-refractivity contribution in [2.45, 2.75) is 62.2 Å². The van der Waals surface area contributed by atoms with Gasteiger partial charge in [0.2, 0.25) is 5.91 Å². The lowest BCUT2D eigenvalue weighted by Crippen LogP contribution is -2.55. The molecule has 0 aromatic heterocycles. The maximum Gasteiger partial charge on any atom is 0.251 e. The van der Waals surface area contributed by atoms with Gasteiger partial charge in [-0.05, 0) is 37.0 Å². The number of halogens is 1. The maximum absolute atomic E-state index is 13.6. The number of nitrogens with zero attached hydrogens (tertiary/aromatic N) is 3. The molecule has 0 spiro atoms. The summed E-state index contributed by atoms with van der Waals surface area (Å²) in [7, 11) is 0. The number of benzene rings is 1. The molecule has 0 unspecified atom stereocenters. The van der Waals surface area contributed by atoms with E-state index in [1.807, 2.05) is 0 Å². The van der Waals surface area contributed by atoms with E-state index in [0.717, 1.165) is 43.4 Å². The van der Waals surface area contributed by atoms with E-state index < -0.39 is 23.6 Å². The van der Waals surface area contributed by atoms with Gasteiger partial charge < -0.3 is 15.0 Å². The van der Waals surface area contributed by atoms with Crippen molar-refractivity contribution in [2.24, 2.45) is 16.1 Å². The van der Waals surface area contributed by atoms with E-state index in [1.165, 1.54) is 4.90 Å². The minimum Gasteiger partial charge on any atom is -0.366 e. The normalized spacial score (nSPS) is 25.2. The zero-order valence-corrected chi connectivity index (χ0v) is 23.9. The van der Waals surface area contributed by atoms with Crippen LogP contribution < -0.4 is 5.32 Å². The Morgan fingerprint density at radius 1 is 1.11 bits per heavy atom. The summed E-state index contributed by atoms with van der Waals surface area (Å²) in [5, 5.41) is 10.6. The zero-order chi connectivity index (χ0) is 21.5. The van der Waals surface area contributed by atoms with Crippen molar-refractivity contribution in [3.05, 3.63) is 29.3 Å². The highest BCUT2D eigenvalue weighted by atomic mass is 35.5. The molecule has 4 atom stereocenters. The molecule has 8 nitrogen and oxygen atoms in total. The first-order chi connectivity index (χ1) is 15.0. The Morgan fingerprint density at radius 2 is 1.83 bits per heavy atom. The van der Waals surface area contributed by atoms with Gasteiger partial charge in [0, 0.05) is 17.7 Å². The predicted octanol–water partition coefficient (Wildman–Crippen LogP) is 3.20. The van der Waals surface area contributed by atoms with E-state index in [9.17, 15) is 14.4 Å². The molecule has 1 aromatic carbocycles. The molecule has 3 heterocycles. The van der Waals surface area contributed by atoms with E-state index in [1.54, 1.807) is 18.2 Å². The molecule has 1 N–H and O–H groups in total. The Hall–Kier alpha value is -0.920. The number of nitrogens with one attached hydrogen (secondary N) is 1. The van der Waals surface area contributed by atoms with Crippen molar-refractivity contribution in [3.8, 4) is 0 Å². The molecule has 2 amide bonds. The van der Waals surface area contributed by atoms with Crippen LogP contribution in [0.1, 0.15) is 48.0 Å². The van der Waals surface area contributed by atoms with Crippen molar-refractivity contribution in [1.82, 2.24) is 10.2 Å². The molecule has 35 heavy (non-hydrogen) atoms. The monoisotopic (exact) mass is 580 g/mol. The van der Waals surface area contributed by atoms with E-state index in [-0.39, 0.29) is 90.6 Å². The predicted molar refractivity (Wildman–Crippen MR) is 154 cm³/mol. The first-order valence-corrected chi connectivity index (χ1v) is 11.4. The number of Topliss-reactive ketones (excluding diaryl/α,β-unsaturated/α-hetero) is 1. The first kappa shape index (κ1) is 32.1. The Morgan fingerprint density at radius 3 is 2.54 bits per heavy atom. The van der Waals surface area contributed by atoms with Crippen LogP contribution in [0.3, 0.4) is 0 Å². The summed E-state index contributed by atoms with van der Waals surface area (Å²) in [6.45, 7) is 0.688. The van der Waals surface area contributed by atoms with Gasteiger partial charge in [-0.1, -0.05) is 19.3 Å². The van der Waals surface area contributed by atoms with Gasteiger partial charge in [-0.15, -0.1) is 11.6 Å². The average Bonchev–Trinajstić information content (AvgIpc) is 3.49. The molecule has 1 aliphatic carbocycles. The number of fused-ring (bicyclic) bond motifs is 2. The summed E-state index contributed by atoms with van der Waals surface area (Å²) in [5.74, 6) is -0.620. The molecule has 0 bridgehead atoms. The summed E-state index contributed by atoms with van der Waals surface area (Å²) in [6, 6.07) is 3.92. The average molecular weight is 581 g/mol. The zero-order valence-electron chi connectivity index (χ0n) is 19.1. The van der Waals surface area contributed by atoms with Gasteiger partial charge in [0.25, 0.3) is 5.91 Å². The van der Waals surface area contributed by atoms with Crippen molar-refractivity contribution in [2.75, 3.05) is 13.2 Å². The molecule has 3 fully saturated rings. The third-order valence-corrected chi connectivity index (χ3v) is 7.23. The van der Waals surface area contributed by atoms with Gasteiger partial charge >= 0.3 is 0 Å². The molecular formula is C22H33ClN4O4S4. The van der Waals surface area contributed by atoms with Crippen molar-refractivity contribution >= 4 is 88.9 Å². The van der Waals surface area contributed by atoms with Crippen molar-refractivity contribution < 1.29 is 19.1 Å². The number of ketones is 1. The third-order valence-electron chi connectivity index (χ3n) is 6.84. The topological polar surface area (TPSA) is 100 Å². The molecule has 1 saturated carbocycles. The standard InChI is InChI=1S/C22H25ClN4O4.4H2S/c23-15-10-27(19-17(28)11-31-20(15)19)22(30)18(12-4-2-1-3-5-12)25-21(29)13-6-7-16-14(8-13)9-24-26-16;;;;/h6-8,12,15,18-20H,1-5,9-11H2,(H,25,29);4*1H2/t15-,18-,19+,20+;;;;/m0..../s1. The Labute approximate surface area is 238 Å². The minimum absolute atomic E-state index is 0. The highest BCUT2D eigenvalue weighted by Crippen LogP contribution is 2.34. The highest BCUT2D eigenvalue weighted by Gasteiger charge is 2.53. The Kier molecular flexibility index (Phi) is 12.5. The Bertz CT molecular complexity index is 963.